The summed E-state index contributed by atoms with van der Waals surface area (Å²) in [4.78, 5) is 0.00805. The molecule has 2 aliphatic heterocycles. The molecule has 1 atom stereocenters. The first-order valence-electron chi connectivity index (χ1n) is 11.0. The molecule has 0 saturated carbocycles. The van der Waals surface area contributed by atoms with Gasteiger partial charge in [0, 0.05) is 5.56 Å². The number of sulfonamides is 1. The molecule has 7 nitrogen and oxygen atoms in total. The Bertz CT molecular complexity index is 1530. The lowest BCUT2D eigenvalue weighted by atomic mass is 9.88. The first-order chi connectivity index (χ1) is 16.8. The highest BCUT2D eigenvalue weighted by Crippen LogP contribution is 2.51. The van der Waals surface area contributed by atoms with Gasteiger partial charge >= 0.3 is 0 Å². The number of nitrogens with zero attached hydrogens (tertiary/aromatic N) is 2. The molecule has 0 amide bonds. The van der Waals surface area contributed by atoms with Gasteiger partial charge in [-0.1, -0.05) is 54.1 Å². The van der Waals surface area contributed by atoms with Gasteiger partial charge in [-0.3, -0.25) is 4.31 Å². The van der Waals surface area contributed by atoms with Crippen LogP contribution in [0.15, 0.2) is 89.2 Å². The number of nitrogens with two attached hydrogens (primary N) is 1. The molecule has 8 heteroatoms. The Balaban J connectivity index is 1.74. The molecule has 176 valence electrons. The van der Waals surface area contributed by atoms with Gasteiger partial charge in [0.25, 0.3) is 10.0 Å². The van der Waals surface area contributed by atoms with Crippen LogP contribution in [-0.2, 0) is 21.3 Å². The zero-order valence-corrected chi connectivity index (χ0v) is 20.0. The molecule has 3 aromatic carbocycles. The Hall–Kier alpha value is -4.22. The number of methoxy groups -OCH3 is 1. The van der Waals surface area contributed by atoms with Gasteiger partial charge in [-0.2, -0.15) is 5.26 Å². The Labute approximate surface area is 204 Å². The second kappa shape index (κ2) is 8.53. The van der Waals surface area contributed by atoms with E-state index in [9.17, 15) is 13.7 Å². The Kier molecular flexibility index (Phi) is 5.50. The van der Waals surface area contributed by atoms with Gasteiger partial charge in [0.15, 0.2) is 5.76 Å². The van der Waals surface area contributed by atoms with Gasteiger partial charge in [-0.05, 0) is 42.3 Å². The fourth-order valence-electron chi connectivity index (χ4n) is 4.51. The third kappa shape index (κ3) is 3.70. The lowest BCUT2D eigenvalue weighted by Gasteiger charge is -2.38. The summed E-state index contributed by atoms with van der Waals surface area (Å²) < 4.78 is 41.1. The predicted molar refractivity (Wildman–Crippen MR) is 133 cm³/mol. The summed E-state index contributed by atoms with van der Waals surface area (Å²) in [5.74, 6) is -0.200. The highest BCUT2D eigenvalue weighted by Gasteiger charge is 2.47. The van der Waals surface area contributed by atoms with Crippen molar-refractivity contribution >= 4 is 21.5 Å². The normalized spacial score (nSPS) is 18.3. The van der Waals surface area contributed by atoms with Crippen molar-refractivity contribution < 1.29 is 17.9 Å². The summed E-state index contributed by atoms with van der Waals surface area (Å²) in [7, 11) is -2.56. The molecule has 0 spiro atoms. The van der Waals surface area contributed by atoms with Crippen LogP contribution in [0.3, 0.4) is 0 Å². The summed E-state index contributed by atoms with van der Waals surface area (Å²) in [6.45, 7) is 2.02. The summed E-state index contributed by atoms with van der Waals surface area (Å²) in [5, 5.41) is 9.95. The third-order valence-electron chi connectivity index (χ3n) is 6.23. The standard InChI is InChI=1S/C27H23N3O4S/c1-17-10-12-19(13-11-17)24-22(15-28)27(29)34-25-21-8-3-4-9-23(21)30(35(31,32)26(24)25)16-18-6-5-7-20(14-18)33-2/h3-14,24H,16,29H2,1-2H3/t24-/m0/s1. The molecule has 2 heterocycles. The highest BCUT2D eigenvalue weighted by molar-refractivity contribution is 7.96. The van der Waals surface area contributed by atoms with E-state index in [1.807, 2.05) is 49.4 Å². The van der Waals surface area contributed by atoms with Crippen molar-refractivity contribution in [1.29, 1.82) is 5.26 Å². The molecule has 0 aliphatic carbocycles. The summed E-state index contributed by atoms with van der Waals surface area (Å²) >= 11 is 0. The molecule has 0 aromatic heterocycles. The lowest BCUT2D eigenvalue weighted by molar-refractivity contribution is 0.357. The number of benzene rings is 3. The molecule has 5 rings (SSSR count). The van der Waals surface area contributed by atoms with Crippen molar-refractivity contribution in [3.05, 3.63) is 111 Å². The number of hydrogen-bond donors (Lipinski definition) is 1. The van der Waals surface area contributed by atoms with E-state index >= 15 is 0 Å². The van der Waals surface area contributed by atoms with Crippen LogP contribution < -0.4 is 14.8 Å². The van der Waals surface area contributed by atoms with Gasteiger partial charge in [0.2, 0.25) is 5.88 Å². The van der Waals surface area contributed by atoms with Gasteiger partial charge in [-0.15, -0.1) is 0 Å². The summed E-state index contributed by atoms with van der Waals surface area (Å²) in [5.41, 5.74) is 9.73. The molecule has 0 radical (unpaired) electrons. The molecule has 2 aliphatic rings. The van der Waals surface area contributed by atoms with Crippen LogP contribution in [0, 0.1) is 18.3 Å². The van der Waals surface area contributed by atoms with Gasteiger partial charge in [0.1, 0.15) is 22.3 Å². The quantitative estimate of drug-likeness (QED) is 0.582. The van der Waals surface area contributed by atoms with Crippen LogP contribution in [0.5, 0.6) is 5.75 Å². The fraction of sp³-hybridized carbons (Fsp3) is 0.148. The van der Waals surface area contributed by atoms with Crippen molar-refractivity contribution in [3.8, 4) is 11.8 Å². The molecule has 35 heavy (non-hydrogen) atoms. The van der Waals surface area contributed by atoms with Crippen LogP contribution >= 0.6 is 0 Å². The number of fused-ring (bicyclic) bond motifs is 2. The van der Waals surface area contributed by atoms with E-state index in [0.29, 0.717) is 22.6 Å². The number of hydrogen-bond acceptors (Lipinski definition) is 6. The molecule has 3 aromatic rings. The lowest BCUT2D eigenvalue weighted by Crippen LogP contribution is -2.39. The van der Waals surface area contributed by atoms with Crippen molar-refractivity contribution in [2.45, 2.75) is 19.4 Å². The minimum Gasteiger partial charge on any atom is -0.497 e. The molecule has 0 fully saturated rings. The second-order valence-electron chi connectivity index (χ2n) is 8.41. The summed E-state index contributed by atoms with van der Waals surface area (Å²) in [6.07, 6.45) is 0. The van der Waals surface area contributed by atoms with Gasteiger partial charge in [0.05, 0.1) is 25.3 Å². The number of aryl methyl sites for hydroxylation is 1. The Morgan fingerprint density at radius 3 is 2.54 bits per heavy atom. The number of rotatable bonds is 4. The number of anilines is 1. The van der Waals surface area contributed by atoms with E-state index in [2.05, 4.69) is 6.07 Å². The SMILES string of the molecule is COc1cccc(CN2c3ccccc3C3=C([C@@H](c4ccc(C)cc4)C(C#N)=C(N)O3)S2(=O)=O)c1. The minimum atomic E-state index is -4.12. The minimum absolute atomic E-state index is 0.00805. The molecule has 0 bridgehead atoms. The van der Waals surface area contributed by atoms with Gasteiger partial charge < -0.3 is 15.2 Å². The van der Waals surface area contributed by atoms with E-state index in [4.69, 9.17) is 15.2 Å². The van der Waals surface area contributed by atoms with Crippen molar-refractivity contribution in [3.63, 3.8) is 0 Å². The van der Waals surface area contributed by atoms with E-state index in [0.717, 1.165) is 11.1 Å². The smallest absolute Gasteiger partial charge is 0.265 e. The number of ether oxygens (including phenoxy) is 2. The Morgan fingerprint density at radius 2 is 1.83 bits per heavy atom. The van der Waals surface area contributed by atoms with E-state index in [1.165, 1.54) is 4.31 Å². The van der Waals surface area contributed by atoms with Crippen LogP contribution in [0.2, 0.25) is 0 Å². The van der Waals surface area contributed by atoms with Gasteiger partial charge in [-0.25, -0.2) is 8.42 Å². The Morgan fingerprint density at radius 1 is 1.09 bits per heavy atom. The largest absolute Gasteiger partial charge is 0.497 e. The van der Waals surface area contributed by atoms with Crippen LogP contribution in [0.1, 0.15) is 28.2 Å². The zero-order chi connectivity index (χ0) is 24.7. The average Bonchev–Trinajstić information content (AvgIpc) is 2.86. The molecule has 2 N–H and O–H groups in total. The van der Waals surface area contributed by atoms with Crippen molar-refractivity contribution in [2.24, 2.45) is 5.73 Å². The second-order valence-corrected chi connectivity index (χ2v) is 10.2. The average molecular weight is 486 g/mol. The van der Waals surface area contributed by atoms with E-state index < -0.39 is 15.9 Å². The molecule has 0 unspecified atom stereocenters. The molecular weight excluding hydrogens is 462 g/mol. The monoisotopic (exact) mass is 485 g/mol. The maximum Gasteiger partial charge on any atom is 0.265 e. The van der Waals surface area contributed by atoms with Crippen molar-refractivity contribution in [1.82, 2.24) is 0 Å². The topological polar surface area (TPSA) is 106 Å². The number of para-hydroxylation sites is 1. The highest BCUT2D eigenvalue weighted by atomic mass is 32.2. The molecule has 0 saturated heterocycles. The number of nitriles is 1. The first-order valence-corrected chi connectivity index (χ1v) is 12.4. The van der Waals surface area contributed by atoms with Crippen molar-refractivity contribution in [2.75, 3.05) is 11.4 Å². The maximum absolute atomic E-state index is 14.3. The zero-order valence-electron chi connectivity index (χ0n) is 19.2. The fourth-order valence-corrected chi connectivity index (χ4v) is 6.42. The van der Waals surface area contributed by atoms with Crippen LogP contribution in [-0.4, -0.2) is 15.5 Å². The van der Waals surface area contributed by atoms with E-state index in [1.54, 1.807) is 37.4 Å². The third-order valence-corrected chi connectivity index (χ3v) is 8.11. The first kappa shape index (κ1) is 22.6. The predicted octanol–water partition coefficient (Wildman–Crippen LogP) is 4.53. The van der Waals surface area contributed by atoms with E-state index in [-0.39, 0.29) is 28.7 Å². The van der Waals surface area contributed by atoms with Crippen LogP contribution in [0.25, 0.3) is 5.76 Å². The number of allylic oxidation sites excluding steroid dienone is 2. The maximum atomic E-state index is 14.3. The molecular formula is C27H23N3O4S. The summed E-state index contributed by atoms with van der Waals surface area (Å²) in [6, 6.07) is 23.9. The van der Waals surface area contributed by atoms with Crippen LogP contribution in [0.4, 0.5) is 5.69 Å².